The molecule has 2 N–H and O–H groups in total. The van der Waals surface area contributed by atoms with Gasteiger partial charge in [0.2, 0.25) is 5.91 Å². The van der Waals surface area contributed by atoms with Crippen LogP contribution in [0.25, 0.3) is 28.2 Å². The Labute approximate surface area is 233 Å². The highest BCUT2D eigenvalue weighted by Crippen LogP contribution is 2.33. The Hall–Kier alpha value is -3.23. The molecule has 3 heterocycles. The molecule has 1 aliphatic heterocycles. The Morgan fingerprint density at radius 2 is 1.76 bits per heavy atom. The van der Waals surface area contributed by atoms with Gasteiger partial charge in [0.1, 0.15) is 5.82 Å². The van der Waals surface area contributed by atoms with Crippen molar-refractivity contribution in [1.82, 2.24) is 25.0 Å². The molecule has 9 heteroatoms. The third-order valence-electron chi connectivity index (χ3n) is 6.29. The Morgan fingerprint density at radius 1 is 1.03 bits per heavy atom. The van der Waals surface area contributed by atoms with Gasteiger partial charge in [-0.25, -0.2) is 9.99 Å². The fourth-order valence-electron chi connectivity index (χ4n) is 4.44. The number of halogens is 2. The molecule has 4 aromatic rings. The van der Waals surface area contributed by atoms with E-state index in [9.17, 15) is 9.90 Å². The molecule has 7 nitrogen and oxygen atoms in total. The molecule has 0 unspecified atom stereocenters. The highest BCUT2D eigenvalue weighted by atomic mass is 35.5. The van der Waals surface area contributed by atoms with Crippen molar-refractivity contribution in [2.45, 2.75) is 39.7 Å². The van der Waals surface area contributed by atoms with Crippen molar-refractivity contribution >= 4 is 29.1 Å². The summed E-state index contributed by atoms with van der Waals surface area (Å²) in [4.78, 5) is 19.4. The van der Waals surface area contributed by atoms with Crippen molar-refractivity contribution in [1.29, 1.82) is 0 Å². The van der Waals surface area contributed by atoms with Crippen LogP contribution in [0.2, 0.25) is 10.0 Å². The molecule has 2 aromatic heterocycles. The Balaban J connectivity index is 0.000000283. The summed E-state index contributed by atoms with van der Waals surface area (Å²) in [6.45, 7) is 5.32. The molecule has 0 aliphatic carbocycles. The zero-order valence-electron chi connectivity index (χ0n) is 21.5. The van der Waals surface area contributed by atoms with Crippen molar-refractivity contribution in [3.63, 3.8) is 0 Å². The lowest BCUT2D eigenvalue weighted by molar-refractivity contribution is -0.124. The first kappa shape index (κ1) is 27.8. The zero-order chi connectivity index (χ0) is 27.1. The van der Waals surface area contributed by atoms with E-state index in [1.807, 2.05) is 65.2 Å². The highest BCUT2D eigenvalue weighted by Gasteiger charge is 2.19. The van der Waals surface area contributed by atoms with Crippen LogP contribution in [0.4, 0.5) is 0 Å². The Bertz CT molecular complexity index is 1370. The van der Waals surface area contributed by atoms with Crippen LogP contribution in [0.5, 0.6) is 0 Å². The number of hydrogen-bond donors (Lipinski definition) is 2. The van der Waals surface area contributed by atoms with E-state index >= 15 is 0 Å². The van der Waals surface area contributed by atoms with Crippen molar-refractivity contribution in [3.8, 4) is 28.2 Å². The lowest BCUT2D eigenvalue weighted by Crippen LogP contribution is -2.43. The third kappa shape index (κ3) is 6.79. The van der Waals surface area contributed by atoms with E-state index in [4.69, 9.17) is 23.2 Å². The van der Waals surface area contributed by atoms with Crippen molar-refractivity contribution in [2.24, 2.45) is 0 Å². The van der Waals surface area contributed by atoms with Gasteiger partial charge in [0.25, 0.3) is 0 Å². The summed E-state index contributed by atoms with van der Waals surface area (Å²) in [5.41, 5.74) is 7.99. The Morgan fingerprint density at radius 3 is 2.37 bits per heavy atom. The second-order valence-electron chi connectivity index (χ2n) is 9.09. The van der Waals surface area contributed by atoms with Gasteiger partial charge in [0.05, 0.1) is 23.0 Å². The van der Waals surface area contributed by atoms with Crippen LogP contribution in [0.3, 0.4) is 0 Å². The van der Waals surface area contributed by atoms with Crippen LogP contribution in [0.1, 0.15) is 37.6 Å². The lowest BCUT2D eigenvalue weighted by Gasteiger charge is -2.25. The molecule has 1 fully saturated rings. The number of nitrogens with one attached hydrogen (secondary N) is 1. The van der Waals surface area contributed by atoms with E-state index in [1.165, 1.54) is 19.3 Å². The molecule has 5 rings (SSSR count). The summed E-state index contributed by atoms with van der Waals surface area (Å²) in [6, 6.07) is 17.3. The molecular formula is C29H31Cl2N5O2. The zero-order valence-corrected chi connectivity index (χ0v) is 23.0. The smallest absolute Gasteiger partial charge is 0.231 e. The van der Waals surface area contributed by atoms with E-state index in [1.54, 1.807) is 25.3 Å². The van der Waals surface area contributed by atoms with E-state index in [-0.39, 0.29) is 12.5 Å². The molecule has 0 radical (unpaired) electrons. The molecule has 1 aliphatic rings. The summed E-state index contributed by atoms with van der Waals surface area (Å²) < 4.78 is 1.93. The molecular weight excluding hydrogens is 521 g/mol. The van der Waals surface area contributed by atoms with Gasteiger partial charge in [-0.2, -0.15) is 0 Å². The minimum Gasteiger partial charge on any atom is -0.390 e. The number of pyridine rings is 1. The lowest BCUT2D eigenvalue weighted by atomic mass is 10.1. The maximum atomic E-state index is 10.6. The number of carbonyl (C=O) groups is 1. The predicted octanol–water partition coefficient (Wildman–Crippen LogP) is 6.23. The van der Waals surface area contributed by atoms with Crippen LogP contribution in [0.15, 0.2) is 67.0 Å². The van der Waals surface area contributed by atoms with Gasteiger partial charge in [-0.3, -0.25) is 19.8 Å². The number of aliphatic hydroxyl groups is 1. The van der Waals surface area contributed by atoms with E-state index < -0.39 is 0 Å². The molecule has 1 saturated heterocycles. The van der Waals surface area contributed by atoms with Crippen molar-refractivity contribution in [3.05, 3.63) is 88.4 Å². The predicted molar refractivity (Wildman–Crippen MR) is 152 cm³/mol. The molecule has 198 valence electrons. The van der Waals surface area contributed by atoms with Gasteiger partial charge in [0.15, 0.2) is 0 Å². The summed E-state index contributed by atoms with van der Waals surface area (Å²) in [5, 5.41) is 13.0. The average molecular weight is 553 g/mol. The number of rotatable bonds is 5. The minimum absolute atomic E-state index is 0.0434. The second kappa shape index (κ2) is 13.0. The summed E-state index contributed by atoms with van der Waals surface area (Å²) >= 11 is 12.5. The number of imidazole rings is 1. The van der Waals surface area contributed by atoms with Crippen molar-refractivity contribution in [2.75, 3.05) is 13.1 Å². The highest BCUT2D eigenvalue weighted by molar-refractivity contribution is 6.36. The third-order valence-corrected chi connectivity index (χ3v) is 6.83. The molecule has 2 aromatic carbocycles. The number of carbonyl (C=O) groups excluding carboxylic acids is 1. The summed E-state index contributed by atoms with van der Waals surface area (Å²) in [7, 11) is 0. The fraction of sp³-hybridized carbons (Fsp3) is 0.276. The normalized spacial score (nSPS) is 13.5. The van der Waals surface area contributed by atoms with E-state index in [0.29, 0.717) is 15.9 Å². The molecule has 0 spiro atoms. The maximum Gasteiger partial charge on any atom is 0.231 e. The van der Waals surface area contributed by atoms with Crippen LogP contribution in [0, 0.1) is 6.92 Å². The van der Waals surface area contributed by atoms with Gasteiger partial charge >= 0.3 is 0 Å². The largest absolute Gasteiger partial charge is 0.390 e. The fourth-order valence-corrected chi connectivity index (χ4v) is 4.94. The molecule has 38 heavy (non-hydrogen) atoms. The monoisotopic (exact) mass is 551 g/mol. The number of benzene rings is 2. The van der Waals surface area contributed by atoms with Crippen molar-refractivity contribution < 1.29 is 9.90 Å². The van der Waals surface area contributed by atoms with E-state index in [0.717, 1.165) is 46.9 Å². The van der Waals surface area contributed by atoms with Gasteiger partial charge in [0, 0.05) is 48.7 Å². The van der Waals surface area contributed by atoms with Gasteiger partial charge in [-0.1, -0.05) is 47.8 Å². The van der Waals surface area contributed by atoms with Gasteiger partial charge in [-0.05, 0) is 67.3 Å². The summed E-state index contributed by atoms with van der Waals surface area (Å²) in [6.07, 6.45) is 7.30. The first-order chi connectivity index (χ1) is 18.4. The number of nitrogens with zero attached hydrogens (tertiary/aromatic N) is 4. The number of amides is 1. The second-order valence-corrected chi connectivity index (χ2v) is 9.93. The van der Waals surface area contributed by atoms with Gasteiger partial charge in [-0.15, -0.1) is 0 Å². The molecule has 0 atom stereocenters. The Kier molecular flexibility index (Phi) is 9.53. The summed E-state index contributed by atoms with van der Waals surface area (Å²) in [5.74, 6) is 0.708. The SMILES string of the molecule is CC(=O)NN1CCCCC1.Cc1nc(-c2ccc(Cl)cc2Cl)n(-c2ccc(-c3cccnc3)cc2)c1CO. The van der Waals surface area contributed by atoms with Gasteiger partial charge < -0.3 is 5.11 Å². The topological polar surface area (TPSA) is 83.3 Å². The van der Waals surface area contributed by atoms with Crippen LogP contribution in [-0.4, -0.2) is 43.6 Å². The number of aliphatic hydroxyl groups excluding tert-OH is 1. The number of hydrazine groups is 1. The first-order valence-electron chi connectivity index (χ1n) is 12.5. The molecule has 0 saturated carbocycles. The van der Waals surface area contributed by atoms with E-state index in [2.05, 4.69) is 15.4 Å². The number of aryl methyl sites for hydroxylation is 1. The molecule has 1 amide bonds. The quantitative estimate of drug-likeness (QED) is 0.307. The van der Waals surface area contributed by atoms with Crippen LogP contribution >= 0.6 is 23.2 Å². The maximum absolute atomic E-state index is 10.6. The number of aromatic nitrogens is 3. The van der Waals surface area contributed by atoms with Crippen LogP contribution < -0.4 is 5.43 Å². The number of piperidine rings is 1. The standard InChI is InChI=1S/C22H17Cl2N3O.C7H14N2O/c1-14-21(13-28)27(22(26-14)19-9-6-17(23)11-20(19)24)18-7-4-15(5-8-18)16-3-2-10-25-12-16;1-7(10)8-9-5-3-2-4-6-9/h2-12,28H,13H2,1H3;2-6H2,1H3,(H,8,10). The molecule has 0 bridgehead atoms. The minimum atomic E-state index is -0.131. The van der Waals surface area contributed by atoms with Crippen LogP contribution in [-0.2, 0) is 11.4 Å². The first-order valence-corrected chi connectivity index (χ1v) is 13.3. The average Bonchev–Trinajstić information content (AvgIpc) is 3.25. The number of hydrogen-bond acceptors (Lipinski definition) is 5.